The first kappa shape index (κ1) is 19.2. The number of likely N-dealkylation sites (tertiary alicyclic amines) is 1. The molecule has 3 rings (SSSR count). The lowest BCUT2D eigenvalue weighted by molar-refractivity contribution is -0.129. The molecule has 7 nitrogen and oxygen atoms in total. The second kappa shape index (κ2) is 7.61. The molecule has 0 aliphatic carbocycles. The number of halogens is 1. The van der Waals surface area contributed by atoms with Gasteiger partial charge in [0, 0.05) is 33.4 Å². The highest BCUT2D eigenvalue weighted by Gasteiger charge is 2.35. The Kier molecular flexibility index (Phi) is 5.43. The highest BCUT2D eigenvalue weighted by Crippen LogP contribution is 2.19. The maximum Gasteiger partial charge on any atom is 0.242 e. The number of hydrogen-bond donors (Lipinski definition) is 1. The van der Waals surface area contributed by atoms with E-state index >= 15 is 0 Å². The predicted octanol–water partition coefficient (Wildman–Crippen LogP) is 1.37. The Bertz CT molecular complexity index is 915. The van der Waals surface area contributed by atoms with Crippen molar-refractivity contribution in [1.82, 2.24) is 14.6 Å². The van der Waals surface area contributed by atoms with Gasteiger partial charge in [-0.2, -0.15) is 4.72 Å². The van der Waals surface area contributed by atoms with Crippen LogP contribution < -0.4 is 9.62 Å². The Labute approximate surface area is 157 Å². The van der Waals surface area contributed by atoms with Gasteiger partial charge in [-0.15, -0.1) is 0 Å². The number of nitrogens with one attached hydrogen (secondary N) is 1. The van der Waals surface area contributed by atoms with Crippen LogP contribution in [0.15, 0.2) is 47.5 Å². The fourth-order valence-corrected chi connectivity index (χ4v) is 4.03. The number of rotatable bonds is 6. The maximum absolute atomic E-state index is 13.0. The number of aromatic nitrogens is 1. The normalized spacial score (nSPS) is 17.4. The molecule has 1 aromatic heterocycles. The largest absolute Gasteiger partial charge is 0.363 e. The van der Waals surface area contributed by atoms with Crippen molar-refractivity contribution < 1.29 is 17.6 Å². The third kappa shape index (κ3) is 4.42. The number of nitrogens with zero attached hydrogens (tertiary/aromatic N) is 3. The van der Waals surface area contributed by atoms with Crippen molar-refractivity contribution in [2.45, 2.75) is 23.9 Å². The molecule has 2 aromatic rings. The van der Waals surface area contributed by atoms with Crippen LogP contribution in [0, 0.1) is 5.82 Å². The highest BCUT2D eigenvalue weighted by molar-refractivity contribution is 7.89. The van der Waals surface area contributed by atoms with Gasteiger partial charge < -0.3 is 9.80 Å². The molecular weight excluding hydrogens is 371 g/mol. The fourth-order valence-electron chi connectivity index (χ4n) is 2.87. The molecule has 0 radical (unpaired) electrons. The molecule has 1 aliphatic rings. The average molecular weight is 392 g/mol. The minimum absolute atomic E-state index is 0.0119. The molecule has 144 valence electrons. The van der Waals surface area contributed by atoms with E-state index in [1.165, 1.54) is 24.4 Å². The zero-order chi connectivity index (χ0) is 19.6. The number of carbonyl (C=O) groups is 1. The molecule has 1 fully saturated rings. The smallest absolute Gasteiger partial charge is 0.242 e. The quantitative estimate of drug-likeness (QED) is 0.803. The molecule has 9 heteroatoms. The van der Waals surface area contributed by atoms with E-state index in [-0.39, 0.29) is 16.6 Å². The first-order valence-electron chi connectivity index (χ1n) is 8.45. The second-order valence-electron chi connectivity index (χ2n) is 6.60. The summed E-state index contributed by atoms with van der Waals surface area (Å²) < 4.78 is 40.5. The first-order valence-corrected chi connectivity index (χ1v) is 9.93. The van der Waals surface area contributed by atoms with E-state index in [1.54, 1.807) is 28.0 Å². The topological polar surface area (TPSA) is 82.6 Å². The number of carbonyl (C=O) groups excluding carboxylic acids is 1. The molecule has 2 heterocycles. The van der Waals surface area contributed by atoms with E-state index in [9.17, 15) is 17.6 Å². The molecule has 1 atom stereocenters. The molecule has 1 amide bonds. The van der Waals surface area contributed by atoms with Crippen molar-refractivity contribution in [2.75, 3.05) is 25.5 Å². The summed E-state index contributed by atoms with van der Waals surface area (Å²) in [5.41, 5.74) is 0.789. The minimum atomic E-state index is -3.85. The van der Waals surface area contributed by atoms with Gasteiger partial charge in [0.1, 0.15) is 22.6 Å². The molecule has 1 unspecified atom stereocenters. The van der Waals surface area contributed by atoms with E-state index in [2.05, 4.69) is 9.71 Å². The van der Waals surface area contributed by atoms with Crippen LogP contribution in [-0.2, 0) is 21.4 Å². The summed E-state index contributed by atoms with van der Waals surface area (Å²) in [5.74, 6) is 0.00293. The van der Waals surface area contributed by atoms with Crippen LogP contribution in [0.25, 0.3) is 0 Å². The average Bonchev–Trinajstić information content (AvgIpc) is 2.96. The van der Waals surface area contributed by atoms with Crippen LogP contribution in [-0.4, -0.2) is 50.9 Å². The molecule has 0 bridgehead atoms. The number of hydrogen-bond acceptors (Lipinski definition) is 5. The number of benzene rings is 1. The van der Waals surface area contributed by atoms with E-state index in [0.717, 1.165) is 5.56 Å². The van der Waals surface area contributed by atoms with Crippen LogP contribution in [0.5, 0.6) is 0 Å². The van der Waals surface area contributed by atoms with Crippen LogP contribution in [0.1, 0.15) is 12.0 Å². The van der Waals surface area contributed by atoms with Crippen molar-refractivity contribution in [2.24, 2.45) is 0 Å². The number of sulfonamides is 1. The van der Waals surface area contributed by atoms with E-state index in [4.69, 9.17) is 0 Å². The molecular formula is C18H21FN4O3S. The van der Waals surface area contributed by atoms with Gasteiger partial charge in [-0.25, -0.2) is 17.8 Å². The zero-order valence-electron chi connectivity index (χ0n) is 15.1. The Morgan fingerprint density at radius 2 is 1.93 bits per heavy atom. The Morgan fingerprint density at radius 3 is 2.52 bits per heavy atom. The van der Waals surface area contributed by atoms with Gasteiger partial charge in [0.25, 0.3) is 0 Å². The van der Waals surface area contributed by atoms with E-state index < -0.39 is 16.1 Å². The summed E-state index contributed by atoms with van der Waals surface area (Å²) >= 11 is 0. The van der Waals surface area contributed by atoms with Crippen molar-refractivity contribution in [3.8, 4) is 0 Å². The molecule has 1 aliphatic heterocycles. The van der Waals surface area contributed by atoms with Crippen molar-refractivity contribution in [3.05, 3.63) is 54.0 Å². The number of pyridine rings is 1. The SMILES string of the molecule is CN(C)c1ccc(S(=O)(=O)NC2CCN(Cc3ccc(F)cc3)C2=O)cn1. The minimum Gasteiger partial charge on any atom is -0.363 e. The molecule has 1 aromatic carbocycles. The maximum atomic E-state index is 13.0. The Hall–Kier alpha value is -2.52. The van der Waals surface area contributed by atoms with E-state index in [0.29, 0.717) is 25.3 Å². The van der Waals surface area contributed by atoms with Crippen molar-refractivity contribution in [3.63, 3.8) is 0 Å². The van der Waals surface area contributed by atoms with E-state index in [1.807, 2.05) is 14.1 Å². The summed E-state index contributed by atoms with van der Waals surface area (Å²) in [6, 6.07) is 8.13. The number of anilines is 1. The molecule has 1 saturated heterocycles. The zero-order valence-corrected chi connectivity index (χ0v) is 15.9. The monoisotopic (exact) mass is 392 g/mol. The lowest BCUT2D eigenvalue weighted by Gasteiger charge is -2.17. The second-order valence-corrected chi connectivity index (χ2v) is 8.31. The predicted molar refractivity (Wildman–Crippen MR) is 99.1 cm³/mol. The van der Waals surface area contributed by atoms with Gasteiger partial charge in [0.15, 0.2) is 0 Å². The van der Waals surface area contributed by atoms with Crippen LogP contribution in [0.4, 0.5) is 10.2 Å². The molecule has 27 heavy (non-hydrogen) atoms. The molecule has 0 spiro atoms. The van der Waals surface area contributed by atoms with Crippen LogP contribution >= 0.6 is 0 Å². The Balaban J connectivity index is 1.66. The molecule has 1 N–H and O–H groups in total. The first-order chi connectivity index (χ1) is 12.8. The van der Waals surface area contributed by atoms with Gasteiger partial charge in [-0.05, 0) is 36.2 Å². The van der Waals surface area contributed by atoms with Gasteiger partial charge >= 0.3 is 0 Å². The molecule has 0 saturated carbocycles. The summed E-state index contributed by atoms with van der Waals surface area (Å²) in [4.78, 5) is 20.0. The van der Waals surface area contributed by atoms with Gasteiger partial charge in [-0.1, -0.05) is 12.1 Å². The standard InChI is InChI=1S/C18H21FN4O3S/c1-22(2)17-8-7-15(11-20-17)27(25,26)21-16-9-10-23(18(16)24)12-13-3-5-14(19)6-4-13/h3-8,11,16,21H,9-10,12H2,1-2H3. The van der Waals surface area contributed by atoms with Crippen LogP contribution in [0.3, 0.4) is 0 Å². The fraction of sp³-hybridized carbons (Fsp3) is 0.333. The van der Waals surface area contributed by atoms with Crippen LogP contribution in [0.2, 0.25) is 0 Å². The lowest BCUT2D eigenvalue weighted by atomic mass is 10.2. The number of amides is 1. The van der Waals surface area contributed by atoms with Crippen molar-refractivity contribution >= 4 is 21.7 Å². The van der Waals surface area contributed by atoms with Gasteiger partial charge in [-0.3, -0.25) is 4.79 Å². The van der Waals surface area contributed by atoms with Gasteiger partial charge in [0.2, 0.25) is 15.9 Å². The highest BCUT2D eigenvalue weighted by atomic mass is 32.2. The summed E-state index contributed by atoms with van der Waals surface area (Å²) in [7, 11) is -0.235. The summed E-state index contributed by atoms with van der Waals surface area (Å²) in [6.07, 6.45) is 1.65. The summed E-state index contributed by atoms with van der Waals surface area (Å²) in [5, 5.41) is 0. The third-order valence-corrected chi connectivity index (χ3v) is 5.83. The summed E-state index contributed by atoms with van der Waals surface area (Å²) in [6.45, 7) is 0.748. The Morgan fingerprint density at radius 1 is 1.22 bits per heavy atom. The van der Waals surface area contributed by atoms with Crippen molar-refractivity contribution in [1.29, 1.82) is 0 Å². The third-order valence-electron chi connectivity index (χ3n) is 4.37. The van der Waals surface area contributed by atoms with Gasteiger partial charge in [0.05, 0.1) is 0 Å². The lowest BCUT2D eigenvalue weighted by Crippen LogP contribution is -2.41.